The molecule has 124 valence electrons. The molecule has 0 aliphatic rings. The number of ether oxygens (including phenoxy) is 1. The summed E-state index contributed by atoms with van der Waals surface area (Å²) >= 11 is 0. The van der Waals surface area contributed by atoms with Gasteiger partial charge < -0.3 is 14.6 Å². The zero-order chi connectivity index (χ0) is 18.0. The van der Waals surface area contributed by atoms with Crippen molar-refractivity contribution in [2.45, 2.75) is 0 Å². The predicted octanol–water partition coefficient (Wildman–Crippen LogP) is 2.67. The average molecular weight is 333 g/mol. The van der Waals surface area contributed by atoms with Crippen LogP contribution in [0.5, 0.6) is 5.75 Å². The van der Waals surface area contributed by atoms with Crippen LogP contribution in [0.2, 0.25) is 0 Å². The van der Waals surface area contributed by atoms with E-state index in [2.05, 4.69) is 5.32 Å². The first-order valence-corrected chi connectivity index (χ1v) is 7.53. The normalized spacial score (nSPS) is 10.3. The van der Waals surface area contributed by atoms with E-state index < -0.39 is 5.91 Å². The first-order valence-electron chi connectivity index (χ1n) is 7.53. The van der Waals surface area contributed by atoms with Gasteiger partial charge in [0.1, 0.15) is 17.4 Å². The molecule has 6 heteroatoms. The van der Waals surface area contributed by atoms with E-state index in [9.17, 15) is 9.59 Å². The van der Waals surface area contributed by atoms with Crippen LogP contribution < -0.4 is 15.5 Å². The number of aryl methyl sites for hydroxylation is 1. The minimum Gasteiger partial charge on any atom is -0.495 e. The van der Waals surface area contributed by atoms with Crippen molar-refractivity contribution < 1.29 is 9.53 Å². The molecule has 1 heterocycles. The fourth-order valence-electron chi connectivity index (χ4n) is 2.74. The molecule has 0 bridgehead atoms. The van der Waals surface area contributed by atoms with E-state index in [1.165, 1.54) is 13.3 Å². The monoisotopic (exact) mass is 333 g/mol. The highest BCUT2D eigenvalue weighted by Gasteiger charge is 2.17. The number of carbonyl (C=O) groups is 1. The summed E-state index contributed by atoms with van der Waals surface area (Å²) in [6.45, 7) is 0. The number of anilines is 1. The van der Waals surface area contributed by atoms with Gasteiger partial charge in [0.25, 0.3) is 5.91 Å². The molecule has 2 aromatic carbocycles. The molecule has 3 aromatic rings. The number of carbonyl (C=O) groups excluding carboxylic acids is 1. The minimum absolute atomic E-state index is 0.00371. The van der Waals surface area contributed by atoms with Crippen LogP contribution in [0.4, 0.5) is 5.69 Å². The molecule has 3 rings (SSSR count). The molecule has 0 fully saturated rings. The summed E-state index contributed by atoms with van der Waals surface area (Å²) in [4.78, 5) is 25.3. The van der Waals surface area contributed by atoms with Gasteiger partial charge in [-0.25, -0.2) is 0 Å². The Kier molecular flexibility index (Phi) is 4.23. The Morgan fingerprint density at radius 2 is 1.96 bits per heavy atom. The van der Waals surface area contributed by atoms with Crippen LogP contribution in [-0.2, 0) is 7.05 Å². The SMILES string of the molecule is COc1cccc2c(=O)c(C(=O)Nc3ccccc3C#N)cn(C)c12. The molecule has 1 N–H and O–H groups in total. The maximum absolute atomic E-state index is 12.7. The number of hydrogen-bond acceptors (Lipinski definition) is 4. The van der Waals surface area contributed by atoms with Crippen molar-refractivity contribution in [1.82, 2.24) is 4.57 Å². The second kappa shape index (κ2) is 6.49. The average Bonchev–Trinajstić information content (AvgIpc) is 2.64. The number of nitriles is 1. The second-order valence-corrected chi connectivity index (χ2v) is 5.45. The van der Waals surface area contributed by atoms with Crippen molar-refractivity contribution in [1.29, 1.82) is 5.26 Å². The largest absolute Gasteiger partial charge is 0.495 e. The molecule has 6 nitrogen and oxygen atoms in total. The Balaban J connectivity index is 2.11. The molecule has 0 aliphatic carbocycles. The van der Waals surface area contributed by atoms with Gasteiger partial charge in [0, 0.05) is 13.2 Å². The summed E-state index contributed by atoms with van der Waals surface area (Å²) < 4.78 is 6.97. The van der Waals surface area contributed by atoms with Crippen LogP contribution in [0.25, 0.3) is 10.9 Å². The van der Waals surface area contributed by atoms with Crippen molar-refractivity contribution in [2.24, 2.45) is 7.05 Å². The van der Waals surface area contributed by atoms with Gasteiger partial charge >= 0.3 is 0 Å². The number of aromatic nitrogens is 1. The predicted molar refractivity (Wildman–Crippen MR) is 94.9 cm³/mol. The summed E-state index contributed by atoms with van der Waals surface area (Å²) in [5, 5.41) is 12.1. The van der Waals surface area contributed by atoms with Crippen LogP contribution in [-0.4, -0.2) is 17.6 Å². The Labute approximate surface area is 143 Å². The number of hydrogen-bond donors (Lipinski definition) is 1. The molecule has 1 amide bonds. The van der Waals surface area contributed by atoms with Crippen molar-refractivity contribution in [3.8, 4) is 11.8 Å². The Bertz CT molecular complexity index is 1080. The van der Waals surface area contributed by atoms with Crippen LogP contribution in [0.15, 0.2) is 53.5 Å². The van der Waals surface area contributed by atoms with Crippen molar-refractivity contribution >= 4 is 22.5 Å². The van der Waals surface area contributed by atoms with Gasteiger partial charge in [-0.15, -0.1) is 0 Å². The lowest BCUT2D eigenvalue weighted by Gasteiger charge is -2.12. The number of amides is 1. The van der Waals surface area contributed by atoms with E-state index in [1.54, 1.807) is 54.1 Å². The lowest BCUT2D eigenvalue weighted by Crippen LogP contribution is -2.23. The van der Waals surface area contributed by atoms with Gasteiger partial charge in [0.2, 0.25) is 5.43 Å². The number of benzene rings is 2. The number of nitrogens with zero attached hydrogens (tertiary/aromatic N) is 2. The molecular weight excluding hydrogens is 318 g/mol. The molecule has 0 saturated heterocycles. The van der Waals surface area contributed by atoms with E-state index in [0.29, 0.717) is 27.9 Å². The highest BCUT2D eigenvalue weighted by molar-refractivity contribution is 6.06. The first-order chi connectivity index (χ1) is 12.1. The fourth-order valence-corrected chi connectivity index (χ4v) is 2.74. The molecule has 0 unspecified atom stereocenters. The van der Waals surface area contributed by atoms with E-state index in [1.807, 2.05) is 6.07 Å². The number of para-hydroxylation sites is 2. The van der Waals surface area contributed by atoms with Crippen molar-refractivity contribution in [3.05, 3.63) is 70.0 Å². The van der Waals surface area contributed by atoms with Gasteiger partial charge in [0.15, 0.2) is 0 Å². The molecular formula is C19H15N3O3. The van der Waals surface area contributed by atoms with Crippen LogP contribution in [0.3, 0.4) is 0 Å². The van der Waals surface area contributed by atoms with Crippen molar-refractivity contribution in [3.63, 3.8) is 0 Å². The Morgan fingerprint density at radius 1 is 1.20 bits per heavy atom. The quantitative estimate of drug-likeness (QED) is 0.798. The second-order valence-electron chi connectivity index (χ2n) is 5.45. The standard InChI is InChI=1S/C19H15N3O3/c1-22-11-14(18(23)13-7-5-9-16(25-2)17(13)22)19(24)21-15-8-4-3-6-12(15)10-20/h3-9,11H,1-2H3,(H,21,24). The number of pyridine rings is 1. The lowest BCUT2D eigenvalue weighted by atomic mass is 10.1. The van der Waals surface area contributed by atoms with E-state index in [0.717, 1.165) is 0 Å². The highest BCUT2D eigenvalue weighted by Crippen LogP contribution is 2.23. The van der Waals surface area contributed by atoms with Gasteiger partial charge in [0.05, 0.1) is 29.3 Å². The maximum atomic E-state index is 12.7. The summed E-state index contributed by atoms with van der Waals surface area (Å²) in [6, 6.07) is 13.7. The number of fused-ring (bicyclic) bond motifs is 1. The third kappa shape index (κ3) is 2.83. The third-order valence-electron chi connectivity index (χ3n) is 3.92. The Morgan fingerprint density at radius 3 is 2.68 bits per heavy atom. The fraction of sp³-hybridized carbons (Fsp3) is 0.105. The van der Waals surface area contributed by atoms with E-state index in [-0.39, 0.29) is 11.0 Å². The summed E-state index contributed by atoms with van der Waals surface area (Å²) in [5.41, 5.74) is 0.914. The molecule has 0 saturated carbocycles. The van der Waals surface area contributed by atoms with E-state index in [4.69, 9.17) is 10.00 Å². The summed E-state index contributed by atoms with van der Waals surface area (Å²) in [6.07, 6.45) is 1.47. The summed E-state index contributed by atoms with van der Waals surface area (Å²) in [7, 11) is 3.27. The zero-order valence-electron chi connectivity index (χ0n) is 13.7. The summed E-state index contributed by atoms with van der Waals surface area (Å²) in [5.74, 6) is -0.00750. The third-order valence-corrected chi connectivity index (χ3v) is 3.92. The van der Waals surface area contributed by atoms with E-state index >= 15 is 0 Å². The highest BCUT2D eigenvalue weighted by atomic mass is 16.5. The van der Waals surface area contributed by atoms with Gasteiger partial charge in [-0.05, 0) is 24.3 Å². The number of methoxy groups -OCH3 is 1. The topological polar surface area (TPSA) is 84.1 Å². The molecule has 0 spiro atoms. The van der Waals surface area contributed by atoms with Gasteiger partial charge in [-0.2, -0.15) is 5.26 Å². The molecule has 0 aliphatic heterocycles. The molecule has 25 heavy (non-hydrogen) atoms. The van der Waals surface area contributed by atoms with Gasteiger partial charge in [-0.1, -0.05) is 18.2 Å². The van der Waals surface area contributed by atoms with Crippen LogP contribution in [0, 0.1) is 11.3 Å². The lowest BCUT2D eigenvalue weighted by molar-refractivity contribution is 0.102. The van der Waals surface area contributed by atoms with Crippen molar-refractivity contribution in [2.75, 3.05) is 12.4 Å². The smallest absolute Gasteiger partial charge is 0.261 e. The van der Waals surface area contributed by atoms with Crippen LogP contribution >= 0.6 is 0 Å². The first kappa shape index (κ1) is 16.3. The molecule has 0 radical (unpaired) electrons. The zero-order valence-corrected chi connectivity index (χ0v) is 13.7. The van der Waals surface area contributed by atoms with Gasteiger partial charge in [-0.3, -0.25) is 9.59 Å². The number of rotatable bonds is 3. The maximum Gasteiger partial charge on any atom is 0.261 e. The molecule has 0 atom stereocenters. The minimum atomic E-state index is -0.562. The Hall–Kier alpha value is -3.59. The van der Waals surface area contributed by atoms with Crippen LogP contribution in [0.1, 0.15) is 15.9 Å². The number of nitrogens with one attached hydrogen (secondary N) is 1. The molecule has 1 aromatic heterocycles.